The minimum absolute atomic E-state index is 0.0115. The number of carbonyl (C=O) groups is 3. The van der Waals surface area contributed by atoms with Gasteiger partial charge < -0.3 is 14.9 Å². The molecule has 0 spiro atoms. The minimum Gasteiger partial charge on any atom is -0.507 e. The molecule has 6 nitrogen and oxygen atoms in total. The molecule has 0 aliphatic heterocycles. The second-order valence-electron chi connectivity index (χ2n) is 6.01. The Morgan fingerprint density at radius 3 is 2.37 bits per heavy atom. The van der Waals surface area contributed by atoms with Crippen molar-refractivity contribution in [1.82, 2.24) is 0 Å². The number of fused-ring (bicyclic) bond motifs is 1. The number of phenolic OH excluding ortho intramolecular Hbond substituents is 1. The molecule has 0 radical (unpaired) electrons. The summed E-state index contributed by atoms with van der Waals surface area (Å²) in [5.74, 6) is -3.81. The Bertz CT molecular complexity index is 992. The fourth-order valence-electron chi connectivity index (χ4n) is 3.08. The number of esters is 1. The van der Waals surface area contributed by atoms with Crippen molar-refractivity contribution in [2.45, 2.75) is 12.3 Å². The Kier molecular flexibility index (Phi) is 5.01. The molecule has 0 fully saturated rings. The number of aromatic hydroxyl groups is 1. The standard InChI is InChI=1S/C20H15ClO6/c1-27-16(23)9-13(10-6-7-15(22)14(21)8-10)17-18(24)11-4-2-3-5-12(11)19(25)20(17)26/h2-8,13,22,24H,9H2,1H3/t13-/m0/s1. The third kappa shape index (κ3) is 3.31. The summed E-state index contributed by atoms with van der Waals surface area (Å²) in [6.07, 6.45) is -0.293. The van der Waals surface area contributed by atoms with E-state index in [1.54, 1.807) is 12.1 Å². The number of methoxy groups -OCH3 is 1. The van der Waals surface area contributed by atoms with Gasteiger partial charge in [0.15, 0.2) is 0 Å². The van der Waals surface area contributed by atoms with E-state index in [4.69, 9.17) is 16.3 Å². The highest BCUT2D eigenvalue weighted by molar-refractivity contribution is 6.52. The Morgan fingerprint density at radius 1 is 1.07 bits per heavy atom. The lowest BCUT2D eigenvalue weighted by Crippen LogP contribution is -2.28. The number of aliphatic hydroxyl groups excluding tert-OH is 1. The molecule has 0 heterocycles. The van der Waals surface area contributed by atoms with E-state index in [1.165, 1.54) is 37.4 Å². The number of Topliss-reactive ketones (excluding diaryl/α,β-unsaturated/α-hetero) is 2. The number of ketones is 2. The summed E-state index contributed by atoms with van der Waals surface area (Å²) >= 11 is 5.95. The van der Waals surface area contributed by atoms with Gasteiger partial charge in [0, 0.05) is 17.0 Å². The molecule has 27 heavy (non-hydrogen) atoms. The molecule has 0 unspecified atom stereocenters. The van der Waals surface area contributed by atoms with E-state index < -0.39 is 23.5 Å². The van der Waals surface area contributed by atoms with Crippen LogP contribution in [-0.4, -0.2) is 34.9 Å². The van der Waals surface area contributed by atoms with Gasteiger partial charge in [0.1, 0.15) is 11.5 Å². The van der Waals surface area contributed by atoms with Crippen LogP contribution in [0.5, 0.6) is 5.75 Å². The SMILES string of the molecule is COC(=O)C[C@H](C1=C(O)c2ccccc2C(=O)C1=O)c1ccc(O)c(Cl)c1. The summed E-state index contributed by atoms with van der Waals surface area (Å²) in [4.78, 5) is 37.2. The van der Waals surface area contributed by atoms with Crippen LogP contribution in [0, 0.1) is 0 Å². The van der Waals surface area contributed by atoms with E-state index in [0.717, 1.165) is 0 Å². The van der Waals surface area contributed by atoms with Crippen molar-refractivity contribution in [3.63, 3.8) is 0 Å². The molecular weight excluding hydrogens is 372 g/mol. The molecule has 0 amide bonds. The molecule has 1 aliphatic rings. The Hall–Kier alpha value is -3.12. The zero-order valence-electron chi connectivity index (χ0n) is 14.2. The zero-order chi connectivity index (χ0) is 19.7. The summed E-state index contributed by atoms with van der Waals surface area (Å²) in [5, 5.41) is 20.4. The topological polar surface area (TPSA) is 101 Å². The highest BCUT2D eigenvalue weighted by Crippen LogP contribution is 2.39. The van der Waals surface area contributed by atoms with E-state index in [0.29, 0.717) is 5.56 Å². The number of carbonyl (C=O) groups excluding carboxylic acids is 3. The minimum atomic E-state index is -0.972. The van der Waals surface area contributed by atoms with Gasteiger partial charge in [-0.15, -0.1) is 0 Å². The lowest BCUT2D eigenvalue weighted by atomic mass is 9.78. The van der Waals surface area contributed by atoms with Gasteiger partial charge in [0.05, 0.1) is 24.1 Å². The largest absolute Gasteiger partial charge is 0.507 e. The first-order chi connectivity index (χ1) is 12.8. The number of rotatable bonds is 4. The number of phenols is 1. The van der Waals surface area contributed by atoms with Gasteiger partial charge in [0.2, 0.25) is 11.6 Å². The van der Waals surface area contributed by atoms with Gasteiger partial charge in [-0.25, -0.2) is 0 Å². The number of allylic oxidation sites excluding steroid dienone is 1. The summed E-state index contributed by atoms with van der Waals surface area (Å²) in [7, 11) is 1.20. The van der Waals surface area contributed by atoms with Crippen LogP contribution in [0.2, 0.25) is 5.02 Å². The third-order valence-corrected chi connectivity index (χ3v) is 4.76. The third-order valence-electron chi connectivity index (χ3n) is 4.45. The van der Waals surface area contributed by atoms with Crippen LogP contribution in [0.1, 0.15) is 33.8 Å². The summed E-state index contributed by atoms with van der Waals surface area (Å²) < 4.78 is 4.69. The number of hydrogen-bond acceptors (Lipinski definition) is 6. The molecule has 2 N–H and O–H groups in total. The normalized spacial score (nSPS) is 14.7. The molecule has 7 heteroatoms. The molecule has 3 rings (SSSR count). The highest BCUT2D eigenvalue weighted by atomic mass is 35.5. The lowest BCUT2D eigenvalue weighted by molar-refractivity contribution is -0.140. The van der Waals surface area contributed by atoms with E-state index in [1.807, 2.05) is 0 Å². The van der Waals surface area contributed by atoms with E-state index >= 15 is 0 Å². The van der Waals surface area contributed by atoms with Crippen molar-refractivity contribution >= 4 is 34.9 Å². The molecule has 2 aromatic carbocycles. The first-order valence-electron chi connectivity index (χ1n) is 8.02. The second kappa shape index (κ2) is 7.25. The average molecular weight is 387 g/mol. The highest BCUT2D eigenvalue weighted by Gasteiger charge is 2.38. The molecule has 0 saturated heterocycles. The van der Waals surface area contributed by atoms with Crippen LogP contribution in [0.3, 0.4) is 0 Å². The molecular formula is C20H15ClO6. The van der Waals surface area contributed by atoms with Crippen molar-refractivity contribution in [2.24, 2.45) is 0 Å². The number of halogens is 1. The lowest BCUT2D eigenvalue weighted by Gasteiger charge is -2.24. The zero-order valence-corrected chi connectivity index (χ0v) is 15.0. The molecule has 2 aromatic rings. The van der Waals surface area contributed by atoms with Crippen molar-refractivity contribution < 1.29 is 29.3 Å². The van der Waals surface area contributed by atoms with Gasteiger partial charge >= 0.3 is 5.97 Å². The summed E-state index contributed by atoms with van der Waals surface area (Å²) in [6, 6.07) is 10.3. The summed E-state index contributed by atoms with van der Waals surface area (Å²) in [6.45, 7) is 0. The van der Waals surface area contributed by atoms with Crippen molar-refractivity contribution in [3.05, 3.63) is 69.8 Å². The number of hydrogen-bond donors (Lipinski definition) is 2. The van der Waals surface area contributed by atoms with Crippen LogP contribution in [0.25, 0.3) is 5.76 Å². The quantitative estimate of drug-likeness (QED) is 0.616. The predicted octanol–water partition coefficient (Wildman–Crippen LogP) is 3.43. The fraction of sp³-hybridized carbons (Fsp3) is 0.150. The van der Waals surface area contributed by atoms with Gasteiger partial charge in [-0.2, -0.15) is 0 Å². The van der Waals surface area contributed by atoms with E-state index in [2.05, 4.69) is 0 Å². The molecule has 0 bridgehead atoms. The van der Waals surface area contributed by atoms with Crippen molar-refractivity contribution in [2.75, 3.05) is 7.11 Å². The molecule has 0 aromatic heterocycles. The van der Waals surface area contributed by atoms with E-state index in [-0.39, 0.29) is 39.7 Å². The molecule has 1 aliphatic carbocycles. The van der Waals surface area contributed by atoms with Crippen molar-refractivity contribution in [1.29, 1.82) is 0 Å². The van der Waals surface area contributed by atoms with Crippen LogP contribution in [0.4, 0.5) is 0 Å². The van der Waals surface area contributed by atoms with Crippen LogP contribution in [0.15, 0.2) is 48.0 Å². The average Bonchev–Trinajstić information content (AvgIpc) is 2.67. The van der Waals surface area contributed by atoms with Gasteiger partial charge in [0.25, 0.3) is 0 Å². The first kappa shape index (κ1) is 18.7. The Labute approximate surface area is 159 Å². The monoisotopic (exact) mass is 386 g/mol. The maximum Gasteiger partial charge on any atom is 0.306 e. The number of aliphatic hydroxyl groups is 1. The van der Waals surface area contributed by atoms with Gasteiger partial charge in [-0.1, -0.05) is 41.9 Å². The molecule has 138 valence electrons. The maximum absolute atomic E-state index is 12.7. The number of benzene rings is 2. The van der Waals surface area contributed by atoms with Crippen LogP contribution >= 0.6 is 11.6 Å². The van der Waals surface area contributed by atoms with Gasteiger partial charge in [-0.05, 0) is 17.7 Å². The van der Waals surface area contributed by atoms with Crippen LogP contribution in [-0.2, 0) is 14.3 Å². The fourth-order valence-corrected chi connectivity index (χ4v) is 3.27. The predicted molar refractivity (Wildman–Crippen MR) is 97.8 cm³/mol. The van der Waals surface area contributed by atoms with Gasteiger partial charge in [-0.3, -0.25) is 14.4 Å². The molecule has 1 atom stereocenters. The molecule has 0 saturated carbocycles. The Morgan fingerprint density at radius 2 is 1.74 bits per heavy atom. The number of ether oxygens (including phenoxy) is 1. The first-order valence-corrected chi connectivity index (χ1v) is 8.39. The van der Waals surface area contributed by atoms with Crippen molar-refractivity contribution in [3.8, 4) is 5.75 Å². The maximum atomic E-state index is 12.7. The smallest absolute Gasteiger partial charge is 0.306 e. The summed E-state index contributed by atoms with van der Waals surface area (Å²) in [5.41, 5.74) is 0.497. The van der Waals surface area contributed by atoms with Crippen LogP contribution < -0.4 is 0 Å². The Balaban J connectivity index is 2.22. The van der Waals surface area contributed by atoms with E-state index in [9.17, 15) is 24.6 Å². The second-order valence-corrected chi connectivity index (χ2v) is 6.42.